The van der Waals surface area contributed by atoms with Crippen molar-refractivity contribution in [3.8, 4) is 34.3 Å². The summed E-state index contributed by atoms with van der Waals surface area (Å²) in [5.74, 6) is -1.47. The lowest BCUT2D eigenvalue weighted by Crippen LogP contribution is -1.92. The van der Waals surface area contributed by atoms with Crippen molar-refractivity contribution in [2.24, 2.45) is 0 Å². The van der Waals surface area contributed by atoms with Crippen LogP contribution in [0.1, 0.15) is 11.1 Å². The molecule has 132 valence electrons. The van der Waals surface area contributed by atoms with Crippen LogP contribution >= 0.6 is 0 Å². The molecule has 0 atom stereocenters. The van der Waals surface area contributed by atoms with E-state index >= 15 is 0 Å². The van der Waals surface area contributed by atoms with Gasteiger partial charge in [0.1, 0.15) is 28.8 Å². The second-order valence-corrected chi connectivity index (χ2v) is 6.18. The maximum absolute atomic E-state index is 14.0. The van der Waals surface area contributed by atoms with Crippen LogP contribution < -0.4 is 0 Å². The summed E-state index contributed by atoms with van der Waals surface area (Å²) in [6.07, 6.45) is 0. The van der Waals surface area contributed by atoms with Gasteiger partial charge < -0.3 is 10.1 Å². The fraction of sp³-hybridized carbons (Fsp3) is 0.0476. The number of halogens is 2. The van der Waals surface area contributed by atoms with E-state index in [2.05, 4.69) is 9.97 Å². The molecular weight excluding hydrogens is 348 g/mol. The monoisotopic (exact) mass is 361 g/mol. The van der Waals surface area contributed by atoms with Crippen molar-refractivity contribution in [2.45, 2.75) is 6.92 Å². The maximum atomic E-state index is 14.0. The third-order valence-corrected chi connectivity index (χ3v) is 4.46. The highest BCUT2D eigenvalue weighted by molar-refractivity contribution is 5.88. The molecule has 2 aromatic heterocycles. The second-order valence-electron chi connectivity index (χ2n) is 6.18. The molecule has 0 saturated carbocycles. The molecule has 0 unspecified atom stereocenters. The van der Waals surface area contributed by atoms with Crippen LogP contribution in [0.2, 0.25) is 0 Å². The number of rotatable bonds is 2. The third-order valence-electron chi connectivity index (χ3n) is 4.46. The van der Waals surface area contributed by atoms with Crippen LogP contribution in [0.3, 0.4) is 0 Å². The van der Waals surface area contributed by atoms with Gasteiger partial charge >= 0.3 is 0 Å². The van der Waals surface area contributed by atoms with Crippen molar-refractivity contribution in [3.05, 3.63) is 71.3 Å². The standard InChI is InChI=1S/C21H13F2N3O/c1-11-9-17-20(14(10-24)21(27)25-17)26-19(11)13-7-5-12(6-8-13)18-15(22)3-2-4-16(18)23/h2-9,25,27H,1H3. The number of aromatic hydroxyl groups is 1. The van der Waals surface area contributed by atoms with Crippen LogP contribution in [-0.4, -0.2) is 15.1 Å². The van der Waals surface area contributed by atoms with Gasteiger partial charge in [-0.25, -0.2) is 13.8 Å². The summed E-state index contributed by atoms with van der Waals surface area (Å²) in [7, 11) is 0. The first kappa shape index (κ1) is 16.7. The zero-order chi connectivity index (χ0) is 19.1. The Hall–Kier alpha value is -3.72. The van der Waals surface area contributed by atoms with Gasteiger partial charge in [0.25, 0.3) is 0 Å². The molecule has 4 rings (SSSR count). The van der Waals surface area contributed by atoms with Gasteiger partial charge in [-0.2, -0.15) is 5.26 Å². The molecule has 27 heavy (non-hydrogen) atoms. The second kappa shape index (κ2) is 6.22. The van der Waals surface area contributed by atoms with E-state index < -0.39 is 11.6 Å². The molecule has 0 fully saturated rings. The molecular formula is C21H13F2N3O. The van der Waals surface area contributed by atoms with Gasteiger partial charge in [0, 0.05) is 5.56 Å². The number of nitrogens with zero attached hydrogens (tertiary/aromatic N) is 2. The number of benzene rings is 2. The highest BCUT2D eigenvalue weighted by atomic mass is 19.1. The van der Waals surface area contributed by atoms with Crippen molar-refractivity contribution < 1.29 is 13.9 Å². The zero-order valence-electron chi connectivity index (χ0n) is 14.2. The van der Waals surface area contributed by atoms with Gasteiger partial charge in [0.2, 0.25) is 5.88 Å². The van der Waals surface area contributed by atoms with Crippen LogP contribution in [0.25, 0.3) is 33.4 Å². The smallest absolute Gasteiger partial charge is 0.209 e. The van der Waals surface area contributed by atoms with Gasteiger partial charge in [-0.05, 0) is 36.2 Å². The quantitative estimate of drug-likeness (QED) is 0.524. The number of nitrogens with one attached hydrogen (secondary N) is 1. The Morgan fingerprint density at radius 1 is 1.04 bits per heavy atom. The van der Waals surface area contributed by atoms with E-state index in [0.717, 1.165) is 11.1 Å². The molecule has 0 radical (unpaired) electrons. The SMILES string of the molecule is Cc1cc2[nH]c(O)c(C#N)c2nc1-c1ccc(-c2c(F)cccc2F)cc1. The largest absolute Gasteiger partial charge is 0.494 e. The van der Waals surface area contributed by atoms with Crippen LogP contribution in [0.15, 0.2) is 48.5 Å². The molecule has 2 heterocycles. The van der Waals surface area contributed by atoms with Crippen LogP contribution in [-0.2, 0) is 0 Å². The summed E-state index contributed by atoms with van der Waals surface area (Å²) < 4.78 is 27.9. The maximum Gasteiger partial charge on any atom is 0.209 e. The van der Waals surface area contributed by atoms with E-state index in [1.807, 2.05) is 13.0 Å². The predicted octanol–water partition coefficient (Wildman–Crippen LogP) is 5.06. The highest BCUT2D eigenvalue weighted by Crippen LogP contribution is 2.32. The third kappa shape index (κ3) is 2.70. The van der Waals surface area contributed by atoms with E-state index in [0.29, 0.717) is 22.3 Å². The molecule has 2 aromatic carbocycles. The van der Waals surface area contributed by atoms with E-state index in [9.17, 15) is 19.1 Å². The molecule has 0 aliphatic carbocycles. The molecule has 0 amide bonds. The van der Waals surface area contributed by atoms with Gasteiger partial charge in [-0.15, -0.1) is 0 Å². The first-order valence-corrected chi connectivity index (χ1v) is 8.17. The van der Waals surface area contributed by atoms with Gasteiger partial charge in [-0.3, -0.25) is 0 Å². The predicted molar refractivity (Wildman–Crippen MR) is 98.0 cm³/mol. The van der Waals surface area contributed by atoms with Gasteiger partial charge in [0.15, 0.2) is 0 Å². The van der Waals surface area contributed by atoms with E-state index in [-0.39, 0.29) is 17.0 Å². The summed E-state index contributed by atoms with van der Waals surface area (Å²) in [4.78, 5) is 7.24. The highest BCUT2D eigenvalue weighted by Gasteiger charge is 2.16. The van der Waals surface area contributed by atoms with Crippen molar-refractivity contribution in [3.63, 3.8) is 0 Å². The lowest BCUT2D eigenvalue weighted by molar-refractivity contribution is 0.457. The van der Waals surface area contributed by atoms with Crippen molar-refractivity contribution >= 4 is 11.0 Å². The van der Waals surface area contributed by atoms with Crippen molar-refractivity contribution in [1.29, 1.82) is 5.26 Å². The lowest BCUT2D eigenvalue weighted by atomic mass is 10.00. The summed E-state index contributed by atoms with van der Waals surface area (Å²) >= 11 is 0. The minimum absolute atomic E-state index is 0.0773. The van der Waals surface area contributed by atoms with Gasteiger partial charge in [-0.1, -0.05) is 30.3 Å². The number of nitriles is 1. The number of aromatic amines is 1. The summed E-state index contributed by atoms with van der Waals surface area (Å²) in [5, 5.41) is 19.0. The number of fused-ring (bicyclic) bond motifs is 1. The summed E-state index contributed by atoms with van der Waals surface area (Å²) in [6, 6.07) is 14.2. The fourth-order valence-corrected chi connectivity index (χ4v) is 3.17. The fourth-order valence-electron chi connectivity index (χ4n) is 3.17. The normalized spacial score (nSPS) is 10.9. The van der Waals surface area contributed by atoms with Crippen LogP contribution in [0.5, 0.6) is 5.88 Å². The Labute approximate surface area is 153 Å². The van der Waals surface area contributed by atoms with Gasteiger partial charge in [0.05, 0.1) is 16.8 Å². The minimum Gasteiger partial charge on any atom is -0.494 e. The van der Waals surface area contributed by atoms with Crippen molar-refractivity contribution in [2.75, 3.05) is 0 Å². The van der Waals surface area contributed by atoms with E-state index in [4.69, 9.17) is 0 Å². The van der Waals surface area contributed by atoms with E-state index in [1.54, 1.807) is 30.3 Å². The minimum atomic E-state index is -0.625. The molecule has 0 bridgehead atoms. The Morgan fingerprint density at radius 2 is 1.67 bits per heavy atom. The molecule has 0 spiro atoms. The Kier molecular flexibility index (Phi) is 3.85. The summed E-state index contributed by atoms with van der Waals surface area (Å²) in [6.45, 7) is 1.86. The molecule has 4 aromatic rings. The van der Waals surface area contributed by atoms with Crippen LogP contribution in [0, 0.1) is 29.9 Å². The van der Waals surface area contributed by atoms with Crippen molar-refractivity contribution in [1.82, 2.24) is 9.97 Å². The molecule has 2 N–H and O–H groups in total. The average molecular weight is 361 g/mol. The van der Waals surface area contributed by atoms with Crippen LogP contribution in [0.4, 0.5) is 8.78 Å². The topological polar surface area (TPSA) is 72.7 Å². The molecule has 0 saturated heterocycles. The van der Waals surface area contributed by atoms with E-state index in [1.165, 1.54) is 18.2 Å². The number of hydrogen-bond acceptors (Lipinski definition) is 3. The number of aromatic nitrogens is 2. The molecule has 0 aliphatic heterocycles. The molecule has 4 nitrogen and oxygen atoms in total. The number of pyridine rings is 1. The zero-order valence-corrected chi connectivity index (χ0v) is 14.2. The Balaban J connectivity index is 1.83. The summed E-state index contributed by atoms with van der Waals surface area (Å²) in [5.41, 5.74) is 3.55. The Bertz CT molecular complexity index is 1200. The first-order chi connectivity index (χ1) is 13.0. The first-order valence-electron chi connectivity index (χ1n) is 8.17. The Morgan fingerprint density at radius 3 is 2.30 bits per heavy atom. The number of hydrogen-bond donors (Lipinski definition) is 2. The molecule has 0 aliphatic rings. The number of H-pyrrole nitrogens is 1. The number of aryl methyl sites for hydroxylation is 1. The molecule has 6 heteroatoms. The average Bonchev–Trinajstić information content (AvgIpc) is 2.95. The lowest BCUT2D eigenvalue weighted by Gasteiger charge is -2.09.